The van der Waals surface area contributed by atoms with Crippen LogP contribution in [0.15, 0.2) is 48.8 Å². The number of benzene rings is 2. The summed E-state index contributed by atoms with van der Waals surface area (Å²) in [6.07, 6.45) is 2.17. The lowest BCUT2D eigenvalue weighted by Crippen LogP contribution is -2.46. The molecular weight excluding hydrogens is 456 g/mol. The molecule has 2 atom stereocenters. The number of halogens is 4. The van der Waals surface area contributed by atoms with Crippen molar-refractivity contribution < 1.29 is 27.1 Å². The van der Waals surface area contributed by atoms with Gasteiger partial charge in [-0.2, -0.15) is 13.9 Å². The summed E-state index contributed by atoms with van der Waals surface area (Å²) in [5.41, 5.74) is 1.79. The number of nitrogens with zero attached hydrogens (tertiary/aromatic N) is 5. The molecule has 0 aliphatic carbocycles. The zero-order valence-electron chi connectivity index (χ0n) is 18.3. The molecule has 0 bridgehead atoms. The van der Waals surface area contributed by atoms with Gasteiger partial charge >= 0.3 is 5.92 Å². The fourth-order valence-electron chi connectivity index (χ4n) is 3.44. The summed E-state index contributed by atoms with van der Waals surface area (Å²) in [6, 6.07) is 6.42. The van der Waals surface area contributed by atoms with Crippen molar-refractivity contribution in [3.63, 3.8) is 0 Å². The van der Waals surface area contributed by atoms with Gasteiger partial charge in [-0.1, -0.05) is 5.21 Å². The largest absolute Gasteiger partial charge is 0.484 e. The molecule has 8 nitrogen and oxygen atoms in total. The van der Waals surface area contributed by atoms with Crippen molar-refractivity contribution in [2.75, 3.05) is 0 Å². The summed E-state index contributed by atoms with van der Waals surface area (Å²) >= 11 is 0. The van der Waals surface area contributed by atoms with Crippen molar-refractivity contribution in [3.05, 3.63) is 66.0 Å². The topological polar surface area (TPSA) is 86.9 Å². The number of fused-ring (bicyclic) bond motifs is 1. The van der Waals surface area contributed by atoms with Crippen LogP contribution in [0.1, 0.15) is 25.5 Å². The number of aryl methyl sites for hydroxylation is 1. The summed E-state index contributed by atoms with van der Waals surface area (Å²) < 4.78 is 63.7. The molecule has 0 saturated carbocycles. The van der Waals surface area contributed by atoms with Crippen molar-refractivity contribution in [3.8, 4) is 11.4 Å². The Morgan fingerprint density at radius 3 is 2.47 bits per heavy atom. The first kappa shape index (κ1) is 23.2. The molecule has 0 saturated heterocycles. The van der Waals surface area contributed by atoms with E-state index in [9.17, 15) is 22.4 Å². The van der Waals surface area contributed by atoms with Crippen LogP contribution >= 0.6 is 0 Å². The second kappa shape index (κ2) is 8.76. The van der Waals surface area contributed by atoms with Crippen LogP contribution in [0.2, 0.25) is 0 Å². The number of ether oxygens (including phenoxy) is 1. The van der Waals surface area contributed by atoms with Gasteiger partial charge < -0.3 is 10.1 Å². The number of carbonyl (C=O) groups excluding carboxylic acids is 1. The zero-order chi connectivity index (χ0) is 24.6. The first-order valence-electron chi connectivity index (χ1n) is 10.2. The fraction of sp³-hybridized carbons (Fsp3) is 0.273. The number of hydrogen-bond acceptors (Lipinski definition) is 5. The van der Waals surface area contributed by atoms with Crippen LogP contribution in [-0.2, 0) is 11.8 Å². The van der Waals surface area contributed by atoms with E-state index in [1.807, 2.05) is 0 Å². The highest BCUT2D eigenvalue weighted by Crippen LogP contribution is 2.29. The van der Waals surface area contributed by atoms with Gasteiger partial charge in [-0.05, 0) is 31.2 Å². The van der Waals surface area contributed by atoms with Crippen LogP contribution in [-0.4, -0.2) is 42.6 Å². The second-order valence-corrected chi connectivity index (χ2v) is 7.92. The van der Waals surface area contributed by atoms with Crippen LogP contribution in [0, 0.1) is 11.6 Å². The van der Waals surface area contributed by atoms with E-state index in [0.717, 1.165) is 12.1 Å². The van der Waals surface area contributed by atoms with E-state index in [0.29, 0.717) is 29.7 Å². The molecular formula is C22H20F4N6O2. The molecule has 1 amide bonds. The molecule has 0 unspecified atom stereocenters. The average Bonchev–Trinajstić information content (AvgIpc) is 3.35. The maximum atomic E-state index is 13.9. The molecule has 12 heteroatoms. The molecule has 34 heavy (non-hydrogen) atoms. The van der Waals surface area contributed by atoms with E-state index in [2.05, 4.69) is 20.7 Å². The van der Waals surface area contributed by atoms with E-state index in [1.54, 1.807) is 47.0 Å². The molecule has 2 aromatic carbocycles. The van der Waals surface area contributed by atoms with E-state index < -0.39 is 35.6 Å². The predicted octanol–water partition coefficient (Wildman–Crippen LogP) is 3.71. The van der Waals surface area contributed by atoms with Gasteiger partial charge in [-0.15, -0.1) is 5.10 Å². The van der Waals surface area contributed by atoms with Gasteiger partial charge in [0.15, 0.2) is 0 Å². The molecule has 0 aliphatic rings. The molecule has 0 spiro atoms. The normalized spacial score (nSPS) is 13.6. The Balaban J connectivity index is 1.67. The van der Waals surface area contributed by atoms with Gasteiger partial charge in [0, 0.05) is 31.7 Å². The van der Waals surface area contributed by atoms with Gasteiger partial charge in [-0.25, -0.2) is 13.5 Å². The third kappa shape index (κ3) is 4.85. The highest BCUT2D eigenvalue weighted by molar-refractivity contribution is 5.83. The third-order valence-corrected chi connectivity index (χ3v) is 5.04. The fourth-order valence-corrected chi connectivity index (χ4v) is 3.44. The van der Waals surface area contributed by atoms with Gasteiger partial charge in [0.25, 0.3) is 5.91 Å². The Labute approximate surface area is 191 Å². The lowest BCUT2D eigenvalue weighted by molar-refractivity contribution is -0.144. The first-order chi connectivity index (χ1) is 16.0. The molecule has 1 N–H and O–H groups in total. The number of nitrogens with one attached hydrogen (secondary N) is 1. The molecule has 178 valence electrons. The highest BCUT2D eigenvalue weighted by Gasteiger charge is 2.35. The molecule has 0 radical (unpaired) electrons. The summed E-state index contributed by atoms with van der Waals surface area (Å²) in [7, 11) is 1.76. The third-order valence-electron chi connectivity index (χ3n) is 5.04. The van der Waals surface area contributed by atoms with E-state index in [1.165, 1.54) is 6.92 Å². The number of alkyl halides is 2. The van der Waals surface area contributed by atoms with Crippen molar-refractivity contribution >= 4 is 16.9 Å². The lowest BCUT2D eigenvalue weighted by atomic mass is 10.0. The van der Waals surface area contributed by atoms with Crippen LogP contribution in [0.25, 0.3) is 16.7 Å². The highest BCUT2D eigenvalue weighted by atomic mass is 19.3. The number of rotatable bonds is 7. The monoisotopic (exact) mass is 476 g/mol. The summed E-state index contributed by atoms with van der Waals surface area (Å²) in [6.45, 7) is 1.85. The standard InChI is InChI=1S/C22H20F4N6O2/c1-12(28-21(33)22(2,25)26)20(13-6-14(23)8-15(24)7-13)34-17-4-5-19-18(9-17)29-30-32(19)16-10-27-31(3)11-16/h4-12,20H,1-3H3,(H,28,33)/t12-,20-/m0/s1. The predicted molar refractivity (Wildman–Crippen MR) is 114 cm³/mol. The smallest absolute Gasteiger partial charge is 0.321 e. The minimum absolute atomic E-state index is 0.0174. The molecule has 0 aliphatic heterocycles. The molecule has 0 fully saturated rings. The Morgan fingerprint density at radius 2 is 1.85 bits per heavy atom. The SMILES string of the molecule is C[C@H](NC(=O)C(C)(F)F)[C@H](Oc1ccc2c(c1)nnn2-c1cnn(C)c1)c1cc(F)cc(F)c1. The molecule has 4 aromatic rings. The second-order valence-electron chi connectivity index (χ2n) is 7.92. The quantitative estimate of drug-likeness (QED) is 0.411. The van der Waals surface area contributed by atoms with Gasteiger partial charge in [0.2, 0.25) is 0 Å². The molecule has 2 heterocycles. The first-order valence-corrected chi connectivity index (χ1v) is 10.2. The maximum Gasteiger partial charge on any atom is 0.321 e. The van der Waals surface area contributed by atoms with Gasteiger partial charge in [0.05, 0.1) is 24.0 Å². The van der Waals surface area contributed by atoms with Crippen LogP contribution in [0.3, 0.4) is 0 Å². The Bertz CT molecular complexity index is 1330. The van der Waals surface area contributed by atoms with Gasteiger partial charge in [0.1, 0.15) is 34.7 Å². The van der Waals surface area contributed by atoms with Gasteiger partial charge in [-0.3, -0.25) is 9.48 Å². The van der Waals surface area contributed by atoms with E-state index >= 15 is 0 Å². The molecule has 4 rings (SSSR count). The minimum atomic E-state index is -3.64. The summed E-state index contributed by atoms with van der Waals surface area (Å²) in [5.74, 6) is -6.71. The number of hydrogen-bond donors (Lipinski definition) is 1. The Morgan fingerprint density at radius 1 is 1.15 bits per heavy atom. The summed E-state index contributed by atoms with van der Waals surface area (Å²) in [4.78, 5) is 11.8. The van der Waals surface area contributed by atoms with Crippen molar-refractivity contribution in [1.29, 1.82) is 0 Å². The Hall–Kier alpha value is -3.96. The average molecular weight is 476 g/mol. The summed E-state index contributed by atoms with van der Waals surface area (Å²) in [5, 5.41) is 14.4. The number of carbonyl (C=O) groups is 1. The van der Waals surface area contributed by atoms with E-state index in [-0.39, 0.29) is 11.3 Å². The van der Waals surface area contributed by atoms with Crippen molar-refractivity contribution in [2.45, 2.75) is 31.9 Å². The zero-order valence-corrected chi connectivity index (χ0v) is 18.3. The van der Waals surface area contributed by atoms with Crippen molar-refractivity contribution in [1.82, 2.24) is 30.1 Å². The molecule has 2 aromatic heterocycles. The maximum absolute atomic E-state index is 13.9. The van der Waals surface area contributed by atoms with Crippen LogP contribution in [0.5, 0.6) is 5.75 Å². The number of aromatic nitrogens is 5. The number of amides is 1. The Kier molecular flexibility index (Phi) is 5.98. The van der Waals surface area contributed by atoms with Crippen molar-refractivity contribution in [2.24, 2.45) is 7.05 Å². The minimum Gasteiger partial charge on any atom is -0.484 e. The van der Waals surface area contributed by atoms with Crippen LogP contribution < -0.4 is 10.1 Å². The van der Waals surface area contributed by atoms with E-state index in [4.69, 9.17) is 4.74 Å². The lowest BCUT2D eigenvalue weighted by Gasteiger charge is -2.27. The van der Waals surface area contributed by atoms with Crippen LogP contribution in [0.4, 0.5) is 17.6 Å².